The maximum atomic E-state index is 11.7. The Morgan fingerprint density at radius 3 is 3.00 bits per heavy atom. The van der Waals surface area contributed by atoms with Gasteiger partial charge in [0.1, 0.15) is 6.04 Å². The Morgan fingerprint density at radius 2 is 2.33 bits per heavy atom. The zero-order valence-electron chi connectivity index (χ0n) is 13.5. The highest BCUT2D eigenvalue weighted by atomic mass is 16.6. The van der Waals surface area contributed by atoms with Crippen molar-refractivity contribution in [2.24, 2.45) is 0 Å². The third kappa shape index (κ3) is 3.00. The number of aryl methyl sites for hydroxylation is 1. The molecule has 3 rings (SSSR count). The van der Waals surface area contributed by atoms with Gasteiger partial charge < -0.3 is 9.30 Å². The normalized spacial score (nSPS) is 16.5. The number of carbonyl (C=O) groups is 1. The molecule has 1 N–H and O–H groups in total. The van der Waals surface area contributed by atoms with Crippen molar-refractivity contribution < 1.29 is 14.5 Å². The number of aromatic nitrogens is 2. The number of imidazole rings is 1. The molecule has 0 unspecified atom stereocenters. The Labute approximate surface area is 138 Å². The topological polar surface area (TPSA) is 99.3 Å². The predicted octanol–water partition coefficient (Wildman–Crippen LogP) is 1.34. The lowest BCUT2D eigenvalue weighted by Crippen LogP contribution is -2.43. The molecule has 2 heterocycles. The summed E-state index contributed by atoms with van der Waals surface area (Å²) in [7, 11) is 1.37. The fourth-order valence-electron chi connectivity index (χ4n) is 2.98. The van der Waals surface area contributed by atoms with Crippen LogP contribution in [0.1, 0.15) is 22.5 Å². The molecule has 2 aromatic rings. The maximum absolute atomic E-state index is 11.7. The minimum absolute atomic E-state index is 0.112. The number of ether oxygens (including phenoxy) is 1. The molecule has 8 nitrogen and oxygen atoms in total. The van der Waals surface area contributed by atoms with Gasteiger partial charge in [-0.15, -0.1) is 0 Å². The molecule has 0 saturated heterocycles. The van der Waals surface area contributed by atoms with Crippen molar-refractivity contribution in [1.82, 2.24) is 14.9 Å². The summed E-state index contributed by atoms with van der Waals surface area (Å²) in [5.74, 6) is -0.292. The fourth-order valence-corrected chi connectivity index (χ4v) is 2.98. The lowest BCUT2D eigenvalue weighted by molar-refractivity contribution is -0.385. The molecule has 0 spiro atoms. The van der Waals surface area contributed by atoms with Gasteiger partial charge in [-0.3, -0.25) is 20.2 Å². The second-order valence-corrected chi connectivity index (χ2v) is 5.80. The van der Waals surface area contributed by atoms with Gasteiger partial charge in [0.15, 0.2) is 0 Å². The third-order valence-electron chi connectivity index (χ3n) is 4.24. The molecule has 1 aliphatic rings. The Kier molecular flexibility index (Phi) is 4.30. The largest absolute Gasteiger partial charge is 0.468 e. The number of nitro groups is 1. The molecular formula is C16H18N4O4. The zero-order valence-corrected chi connectivity index (χ0v) is 13.5. The number of nitrogens with one attached hydrogen (secondary N) is 1. The summed E-state index contributed by atoms with van der Waals surface area (Å²) in [5, 5.41) is 14.0. The Balaban J connectivity index is 1.83. The van der Waals surface area contributed by atoms with Gasteiger partial charge in [0.25, 0.3) is 5.69 Å². The van der Waals surface area contributed by atoms with Gasteiger partial charge in [0, 0.05) is 36.8 Å². The molecule has 0 saturated carbocycles. The standard InChI is InChI=1S/C16H18N4O4/c1-10-5-11(3-4-14(10)20(22)23)8-19-9-18-13-7-17-12(6-15(13)19)16(21)24-2/h3-5,9,12,17H,6-8H2,1-2H3/t12-/m0/s1. The summed E-state index contributed by atoms with van der Waals surface area (Å²) in [5.41, 5.74) is 3.59. The summed E-state index contributed by atoms with van der Waals surface area (Å²) in [6, 6.07) is 4.70. The summed E-state index contributed by atoms with van der Waals surface area (Å²) >= 11 is 0. The highest BCUT2D eigenvalue weighted by Crippen LogP contribution is 2.21. The first-order valence-corrected chi connectivity index (χ1v) is 7.57. The van der Waals surface area contributed by atoms with Crippen LogP contribution in [0.3, 0.4) is 0 Å². The van der Waals surface area contributed by atoms with E-state index in [2.05, 4.69) is 10.3 Å². The van der Waals surface area contributed by atoms with Crippen LogP contribution in [-0.2, 0) is 29.0 Å². The summed E-state index contributed by atoms with van der Waals surface area (Å²) in [4.78, 5) is 26.6. The smallest absolute Gasteiger partial charge is 0.323 e. The molecule has 1 atom stereocenters. The predicted molar refractivity (Wildman–Crippen MR) is 85.5 cm³/mol. The van der Waals surface area contributed by atoms with E-state index in [4.69, 9.17) is 4.74 Å². The van der Waals surface area contributed by atoms with Crippen molar-refractivity contribution in [2.75, 3.05) is 7.11 Å². The highest BCUT2D eigenvalue weighted by Gasteiger charge is 2.28. The molecule has 0 amide bonds. The Morgan fingerprint density at radius 1 is 1.54 bits per heavy atom. The number of fused-ring (bicyclic) bond motifs is 1. The van der Waals surface area contributed by atoms with Gasteiger partial charge in [0.2, 0.25) is 0 Å². The van der Waals surface area contributed by atoms with Crippen molar-refractivity contribution in [3.8, 4) is 0 Å². The van der Waals surface area contributed by atoms with E-state index in [0.29, 0.717) is 25.1 Å². The van der Waals surface area contributed by atoms with Crippen LogP contribution in [0, 0.1) is 17.0 Å². The van der Waals surface area contributed by atoms with E-state index in [1.165, 1.54) is 13.2 Å². The first kappa shape index (κ1) is 16.1. The molecule has 0 fully saturated rings. The van der Waals surface area contributed by atoms with Crippen LogP contribution in [0.5, 0.6) is 0 Å². The lowest BCUT2D eigenvalue weighted by Gasteiger charge is -2.22. The number of esters is 1. The first-order chi connectivity index (χ1) is 11.5. The van der Waals surface area contributed by atoms with Crippen LogP contribution in [0.25, 0.3) is 0 Å². The van der Waals surface area contributed by atoms with E-state index >= 15 is 0 Å². The molecule has 0 aliphatic carbocycles. The Bertz CT molecular complexity index is 799. The first-order valence-electron chi connectivity index (χ1n) is 7.57. The molecule has 1 aliphatic heterocycles. The molecule has 1 aromatic heterocycles. The summed E-state index contributed by atoms with van der Waals surface area (Å²) < 4.78 is 6.77. The van der Waals surface area contributed by atoms with Crippen molar-refractivity contribution >= 4 is 11.7 Å². The Hall–Kier alpha value is -2.74. The average Bonchev–Trinajstić information content (AvgIpc) is 2.96. The second-order valence-electron chi connectivity index (χ2n) is 5.80. The number of hydrogen-bond acceptors (Lipinski definition) is 6. The molecule has 1 aromatic carbocycles. The number of hydrogen-bond donors (Lipinski definition) is 1. The van der Waals surface area contributed by atoms with Gasteiger partial charge >= 0.3 is 5.97 Å². The van der Waals surface area contributed by atoms with Gasteiger partial charge in [-0.05, 0) is 18.6 Å². The summed E-state index contributed by atoms with van der Waals surface area (Å²) in [6.07, 6.45) is 2.25. The van der Waals surface area contributed by atoms with Gasteiger partial charge in [0.05, 0.1) is 24.1 Å². The lowest BCUT2D eigenvalue weighted by atomic mass is 10.0. The summed E-state index contributed by atoms with van der Waals surface area (Å²) in [6.45, 7) is 2.79. The van der Waals surface area contributed by atoms with E-state index in [1.807, 2.05) is 10.6 Å². The number of benzene rings is 1. The minimum Gasteiger partial charge on any atom is -0.468 e. The number of nitrogens with zero attached hydrogens (tertiary/aromatic N) is 3. The van der Waals surface area contributed by atoms with Crippen LogP contribution in [-0.4, -0.2) is 33.6 Å². The quantitative estimate of drug-likeness (QED) is 0.516. The molecule has 126 valence electrons. The SMILES string of the molecule is COC(=O)[C@@H]1Cc2c(ncn2Cc2ccc([N+](=O)[O-])c(C)c2)CN1. The van der Waals surface area contributed by atoms with Crippen molar-refractivity contribution in [3.05, 3.63) is 57.2 Å². The van der Waals surface area contributed by atoms with Crippen LogP contribution < -0.4 is 5.32 Å². The van der Waals surface area contributed by atoms with Gasteiger partial charge in [-0.1, -0.05) is 6.07 Å². The molecule has 0 bridgehead atoms. The minimum atomic E-state index is -0.384. The monoisotopic (exact) mass is 330 g/mol. The van der Waals surface area contributed by atoms with Crippen LogP contribution in [0.15, 0.2) is 24.5 Å². The molecular weight excluding hydrogens is 312 g/mol. The van der Waals surface area contributed by atoms with E-state index in [9.17, 15) is 14.9 Å². The van der Waals surface area contributed by atoms with Crippen LogP contribution in [0.2, 0.25) is 0 Å². The van der Waals surface area contributed by atoms with Crippen molar-refractivity contribution in [3.63, 3.8) is 0 Å². The van der Waals surface area contributed by atoms with E-state index in [-0.39, 0.29) is 22.6 Å². The number of carbonyl (C=O) groups excluding carboxylic acids is 1. The zero-order chi connectivity index (χ0) is 17.3. The molecule has 0 radical (unpaired) electrons. The van der Waals surface area contributed by atoms with E-state index in [1.54, 1.807) is 19.3 Å². The van der Waals surface area contributed by atoms with Crippen molar-refractivity contribution in [1.29, 1.82) is 0 Å². The van der Waals surface area contributed by atoms with E-state index in [0.717, 1.165) is 17.0 Å². The van der Waals surface area contributed by atoms with Crippen LogP contribution >= 0.6 is 0 Å². The third-order valence-corrected chi connectivity index (χ3v) is 4.24. The van der Waals surface area contributed by atoms with Gasteiger partial charge in [-0.25, -0.2) is 4.98 Å². The van der Waals surface area contributed by atoms with Gasteiger partial charge in [-0.2, -0.15) is 0 Å². The average molecular weight is 330 g/mol. The number of methoxy groups -OCH3 is 1. The van der Waals surface area contributed by atoms with Crippen LogP contribution in [0.4, 0.5) is 5.69 Å². The van der Waals surface area contributed by atoms with E-state index < -0.39 is 0 Å². The maximum Gasteiger partial charge on any atom is 0.323 e. The molecule has 24 heavy (non-hydrogen) atoms. The van der Waals surface area contributed by atoms with Crippen molar-refractivity contribution in [2.45, 2.75) is 32.5 Å². The number of rotatable bonds is 4. The fraction of sp³-hybridized carbons (Fsp3) is 0.375. The second kappa shape index (κ2) is 6.40. The molecule has 8 heteroatoms. The highest BCUT2D eigenvalue weighted by molar-refractivity contribution is 5.76. The number of nitro benzene ring substituents is 1.